The van der Waals surface area contributed by atoms with Gasteiger partial charge in [-0.1, -0.05) is 54.1 Å². The van der Waals surface area contributed by atoms with Crippen molar-refractivity contribution in [2.75, 3.05) is 34.3 Å². The minimum atomic E-state index is -0.0580. The molecular weight excluding hydrogens is 379 g/mol. The number of likely N-dealkylation sites (N-methyl/N-ethyl adjacent to an activating group) is 1. The van der Waals surface area contributed by atoms with Gasteiger partial charge in [0.15, 0.2) is 0 Å². The zero-order valence-corrected chi connectivity index (χ0v) is 17.3. The topological polar surface area (TPSA) is 15.7 Å². The Bertz CT molecular complexity index is 579. The summed E-state index contributed by atoms with van der Waals surface area (Å²) in [6.07, 6.45) is -0.0580. The van der Waals surface area contributed by atoms with E-state index in [1.54, 1.807) is 0 Å². The maximum Gasteiger partial charge on any atom is 0.136 e. The number of benzene rings is 2. The fraction of sp³-hybridized carbons (Fsp3) is 0.368. The molecule has 0 heterocycles. The van der Waals surface area contributed by atoms with Crippen LogP contribution < -0.4 is 0 Å². The van der Waals surface area contributed by atoms with E-state index in [0.717, 1.165) is 23.7 Å². The second kappa shape index (κ2) is 12.5. The van der Waals surface area contributed by atoms with E-state index < -0.39 is 0 Å². The third-order valence-corrected chi connectivity index (χ3v) is 3.92. The summed E-state index contributed by atoms with van der Waals surface area (Å²) in [5, 5.41) is 0.744. The Morgan fingerprint density at radius 2 is 1.52 bits per heavy atom. The van der Waals surface area contributed by atoms with Crippen molar-refractivity contribution in [3.05, 3.63) is 70.7 Å². The monoisotopic (exact) mass is 404 g/mol. The number of hydrogen-bond acceptors (Lipinski definition) is 3. The molecule has 25 heavy (non-hydrogen) atoms. The van der Waals surface area contributed by atoms with Crippen LogP contribution in [0.25, 0.3) is 0 Å². The van der Waals surface area contributed by atoms with Crippen LogP contribution in [0.1, 0.15) is 17.4 Å². The summed E-state index contributed by atoms with van der Waals surface area (Å²) in [4.78, 5) is 4.34. The molecule has 140 valence electrons. The van der Waals surface area contributed by atoms with Crippen molar-refractivity contribution in [1.29, 1.82) is 0 Å². The molecule has 0 aliphatic carbocycles. The molecule has 0 radical (unpaired) electrons. The van der Waals surface area contributed by atoms with E-state index in [-0.39, 0.29) is 31.0 Å². The van der Waals surface area contributed by atoms with Gasteiger partial charge in [-0.15, -0.1) is 24.8 Å². The lowest BCUT2D eigenvalue weighted by Crippen LogP contribution is -2.28. The van der Waals surface area contributed by atoms with Gasteiger partial charge in [0.25, 0.3) is 0 Å². The highest BCUT2D eigenvalue weighted by Crippen LogP contribution is 2.21. The predicted molar refractivity (Wildman–Crippen MR) is 111 cm³/mol. The van der Waals surface area contributed by atoms with Crippen molar-refractivity contribution in [2.45, 2.75) is 12.8 Å². The van der Waals surface area contributed by atoms with Crippen molar-refractivity contribution in [3.8, 4) is 0 Å². The molecule has 1 unspecified atom stereocenters. The number of rotatable bonds is 8. The molecule has 0 amide bonds. The van der Waals surface area contributed by atoms with Gasteiger partial charge in [0, 0.05) is 18.1 Å². The zero-order valence-electron chi connectivity index (χ0n) is 14.9. The van der Waals surface area contributed by atoms with E-state index in [2.05, 4.69) is 41.1 Å². The van der Waals surface area contributed by atoms with Gasteiger partial charge in [0.05, 0.1) is 6.61 Å². The molecule has 2 rings (SSSR count). The van der Waals surface area contributed by atoms with Crippen LogP contribution >= 0.6 is 36.4 Å². The van der Waals surface area contributed by atoms with E-state index in [1.807, 2.05) is 44.4 Å². The first-order valence-electron chi connectivity index (χ1n) is 7.82. The lowest BCUT2D eigenvalue weighted by Gasteiger charge is -2.26. The van der Waals surface area contributed by atoms with Gasteiger partial charge in [-0.25, -0.2) is 0 Å². The molecular formula is C19H27Cl3N2O. The second-order valence-electron chi connectivity index (χ2n) is 5.96. The smallest absolute Gasteiger partial charge is 0.136 e. The van der Waals surface area contributed by atoms with Gasteiger partial charge in [-0.05, 0) is 44.4 Å². The highest BCUT2D eigenvalue weighted by atomic mass is 35.5. The fourth-order valence-electron chi connectivity index (χ4n) is 2.47. The Morgan fingerprint density at radius 3 is 2.08 bits per heavy atom. The molecule has 2 aromatic rings. The normalized spacial score (nSPS) is 11.8. The number of ether oxygens (including phenoxy) is 1. The lowest BCUT2D eigenvalue weighted by molar-refractivity contribution is -0.0442. The molecule has 0 fully saturated rings. The van der Waals surface area contributed by atoms with Crippen LogP contribution in [-0.2, 0) is 11.3 Å². The second-order valence-corrected chi connectivity index (χ2v) is 6.40. The SMILES string of the molecule is CN(CCOC(c1ccc(Cl)cc1)N(C)C)Cc1ccccc1.Cl.Cl. The molecule has 1 atom stereocenters. The molecule has 0 spiro atoms. The number of hydrogen-bond donors (Lipinski definition) is 0. The third-order valence-electron chi connectivity index (χ3n) is 3.67. The summed E-state index contributed by atoms with van der Waals surface area (Å²) in [5.41, 5.74) is 2.43. The quantitative estimate of drug-likeness (QED) is 0.581. The zero-order chi connectivity index (χ0) is 16.7. The molecule has 0 saturated carbocycles. The highest BCUT2D eigenvalue weighted by Gasteiger charge is 2.14. The van der Waals surface area contributed by atoms with Crippen molar-refractivity contribution in [3.63, 3.8) is 0 Å². The average Bonchev–Trinajstić information content (AvgIpc) is 2.53. The lowest BCUT2D eigenvalue weighted by atomic mass is 10.2. The van der Waals surface area contributed by atoms with Gasteiger partial charge < -0.3 is 4.74 Å². The minimum Gasteiger partial charge on any atom is -0.358 e. The molecule has 6 heteroatoms. The third kappa shape index (κ3) is 8.41. The molecule has 0 saturated heterocycles. The van der Waals surface area contributed by atoms with Crippen LogP contribution in [0.4, 0.5) is 0 Å². The maximum absolute atomic E-state index is 6.08. The van der Waals surface area contributed by atoms with Crippen molar-refractivity contribution < 1.29 is 4.74 Å². The standard InChI is InChI=1S/C19H25ClN2O.2ClH/c1-21(2)19(17-9-11-18(20)12-10-17)23-14-13-22(3)15-16-7-5-4-6-8-16;;/h4-12,19H,13-15H2,1-3H3;2*1H. The Balaban J connectivity index is 0.00000288. The van der Waals surface area contributed by atoms with E-state index in [1.165, 1.54) is 5.56 Å². The van der Waals surface area contributed by atoms with Gasteiger partial charge in [-0.2, -0.15) is 0 Å². The predicted octanol–water partition coefficient (Wildman–Crippen LogP) is 4.89. The molecule has 0 aromatic heterocycles. The molecule has 3 nitrogen and oxygen atoms in total. The summed E-state index contributed by atoms with van der Waals surface area (Å²) >= 11 is 5.96. The summed E-state index contributed by atoms with van der Waals surface area (Å²) in [6.45, 7) is 2.49. The van der Waals surface area contributed by atoms with Crippen LogP contribution in [0.5, 0.6) is 0 Å². The first-order chi connectivity index (χ1) is 11.1. The van der Waals surface area contributed by atoms with E-state index >= 15 is 0 Å². The fourth-order valence-corrected chi connectivity index (χ4v) is 2.59. The minimum absolute atomic E-state index is 0. The van der Waals surface area contributed by atoms with Crippen LogP contribution in [0.2, 0.25) is 5.02 Å². The van der Waals surface area contributed by atoms with Gasteiger partial charge in [0.2, 0.25) is 0 Å². The molecule has 0 aliphatic rings. The largest absolute Gasteiger partial charge is 0.358 e. The molecule has 0 N–H and O–H groups in total. The van der Waals surface area contributed by atoms with E-state index in [4.69, 9.17) is 16.3 Å². The first-order valence-corrected chi connectivity index (χ1v) is 8.20. The number of halogens is 3. The highest BCUT2D eigenvalue weighted by molar-refractivity contribution is 6.30. The van der Waals surface area contributed by atoms with Gasteiger partial charge in [-0.3, -0.25) is 9.80 Å². The van der Waals surface area contributed by atoms with Gasteiger partial charge >= 0.3 is 0 Å². The van der Waals surface area contributed by atoms with Crippen LogP contribution in [0.15, 0.2) is 54.6 Å². The Morgan fingerprint density at radius 1 is 0.920 bits per heavy atom. The van der Waals surface area contributed by atoms with E-state index in [9.17, 15) is 0 Å². The average molecular weight is 406 g/mol. The Kier molecular flexibility index (Phi) is 12.1. The Labute approximate surface area is 168 Å². The van der Waals surface area contributed by atoms with Gasteiger partial charge in [0.1, 0.15) is 6.23 Å². The molecule has 0 aliphatic heterocycles. The summed E-state index contributed by atoms with van der Waals surface area (Å²) < 4.78 is 6.08. The maximum atomic E-state index is 6.08. The summed E-state index contributed by atoms with van der Waals surface area (Å²) in [6, 6.07) is 18.3. The van der Waals surface area contributed by atoms with Crippen molar-refractivity contribution in [2.24, 2.45) is 0 Å². The molecule has 2 aromatic carbocycles. The summed E-state index contributed by atoms with van der Waals surface area (Å²) in [5.74, 6) is 0. The Hall–Kier alpha value is -0.810. The van der Waals surface area contributed by atoms with Crippen molar-refractivity contribution >= 4 is 36.4 Å². The van der Waals surface area contributed by atoms with Crippen molar-refractivity contribution in [1.82, 2.24) is 9.80 Å². The number of nitrogens with zero attached hydrogens (tertiary/aromatic N) is 2. The van der Waals surface area contributed by atoms with Crippen LogP contribution in [0.3, 0.4) is 0 Å². The first kappa shape index (κ1) is 24.2. The van der Waals surface area contributed by atoms with Crippen LogP contribution in [-0.4, -0.2) is 44.1 Å². The summed E-state index contributed by atoms with van der Waals surface area (Å²) in [7, 11) is 6.16. The van der Waals surface area contributed by atoms with E-state index in [0.29, 0.717) is 6.61 Å². The van der Waals surface area contributed by atoms with Crippen LogP contribution in [0, 0.1) is 0 Å². The molecule has 0 bridgehead atoms.